The van der Waals surface area contributed by atoms with Gasteiger partial charge in [-0.15, -0.1) is 11.3 Å². The van der Waals surface area contributed by atoms with Crippen molar-refractivity contribution in [3.8, 4) is 0 Å². The molecule has 1 aromatic carbocycles. The minimum absolute atomic E-state index is 0.266. The zero-order valence-corrected chi connectivity index (χ0v) is 12.5. The second kappa shape index (κ2) is 5.96. The lowest BCUT2D eigenvalue weighted by Crippen LogP contribution is -2.30. The van der Waals surface area contributed by atoms with E-state index in [2.05, 4.69) is 30.2 Å². The van der Waals surface area contributed by atoms with Gasteiger partial charge in [0.05, 0.1) is 17.9 Å². The van der Waals surface area contributed by atoms with Gasteiger partial charge in [0.1, 0.15) is 0 Å². The smallest absolute Gasteiger partial charge is 0.248 e. The normalized spacial score (nSPS) is 10.8. The number of amides is 1. The summed E-state index contributed by atoms with van der Waals surface area (Å²) in [6, 6.07) is 9.55. The molecule has 0 bridgehead atoms. The molecule has 0 spiro atoms. The van der Waals surface area contributed by atoms with Crippen LogP contribution in [0.15, 0.2) is 35.7 Å². The fourth-order valence-electron chi connectivity index (χ4n) is 2.06. The average molecular weight is 289 g/mol. The summed E-state index contributed by atoms with van der Waals surface area (Å²) in [5.41, 5.74) is 13.4. The Labute approximate surface area is 123 Å². The Hall–Kier alpha value is -2.01. The van der Waals surface area contributed by atoms with Crippen molar-refractivity contribution in [2.75, 3.05) is 10.6 Å². The quantitative estimate of drug-likeness (QED) is 0.831. The number of anilines is 2. The standard InChI is InChI=1S/C15H19N3OS/c1-10(2)18(9-12-4-3-7-20-12)14-8-11(15(17)19)5-6-13(14)16/h3-8,10H,9,16H2,1-2H3,(H2,17,19). The van der Waals surface area contributed by atoms with Crippen molar-refractivity contribution in [1.29, 1.82) is 0 Å². The Kier molecular flexibility index (Phi) is 4.29. The number of hydrogen-bond donors (Lipinski definition) is 2. The molecule has 2 aromatic rings. The number of thiophene rings is 1. The molecule has 0 saturated heterocycles. The van der Waals surface area contributed by atoms with Crippen molar-refractivity contribution in [3.05, 3.63) is 46.2 Å². The Morgan fingerprint density at radius 3 is 2.65 bits per heavy atom. The summed E-state index contributed by atoms with van der Waals surface area (Å²) in [7, 11) is 0. The Bertz CT molecular complexity index is 593. The zero-order chi connectivity index (χ0) is 14.7. The number of benzene rings is 1. The third kappa shape index (κ3) is 3.11. The maximum absolute atomic E-state index is 11.3. The van der Waals surface area contributed by atoms with Crippen LogP contribution in [-0.2, 0) is 6.54 Å². The van der Waals surface area contributed by atoms with E-state index in [0.717, 1.165) is 12.2 Å². The van der Waals surface area contributed by atoms with Gasteiger partial charge in [0, 0.05) is 16.5 Å². The second-order valence-corrected chi connectivity index (χ2v) is 5.97. The predicted octanol–water partition coefficient (Wildman–Crippen LogP) is 2.84. The van der Waals surface area contributed by atoms with Crippen LogP contribution in [-0.4, -0.2) is 11.9 Å². The highest BCUT2D eigenvalue weighted by molar-refractivity contribution is 7.09. The SMILES string of the molecule is CC(C)N(Cc1cccs1)c1cc(C(N)=O)ccc1N. The van der Waals surface area contributed by atoms with Gasteiger partial charge in [0.15, 0.2) is 0 Å². The van der Waals surface area contributed by atoms with Crippen LogP contribution in [0.2, 0.25) is 0 Å². The molecule has 20 heavy (non-hydrogen) atoms. The minimum atomic E-state index is -0.439. The number of nitrogens with two attached hydrogens (primary N) is 2. The third-order valence-corrected chi connectivity index (χ3v) is 4.02. The topological polar surface area (TPSA) is 72.3 Å². The molecule has 0 unspecified atom stereocenters. The van der Waals surface area contributed by atoms with E-state index in [0.29, 0.717) is 11.3 Å². The lowest BCUT2D eigenvalue weighted by molar-refractivity contribution is 0.100. The number of hydrogen-bond acceptors (Lipinski definition) is 4. The van der Waals surface area contributed by atoms with Crippen LogP contribution in [0.1, 0.15) is 29.1 Å². The van der Waals surface area contributed by atoms with E-state index in [9.17, 15) is 4.79 Å². The molecule has 106 valence electrons. The Morgan fingerprint density at radius 1 is 1.35 bits per heavy atom. The van der Waals surface area contributed by atoms with Crippen LogP contribution >= 0.6 is 11.3 Å². The van der Waals surface area contributed by atoms with Crippen LogP contribution in [0, 0.1) is 0 Å². The van der Waals surface area contributed by atoms with Crippen molar-refractivity contribution in [1.82, 2.24) is 0 Å². The van der Waals surface area contributed by atoms with Crippen molar-refractivity contribution >= 4 is 28.6 Å². The summed E-state index contributed by atoms with van der Waals surface area (Å²) < 4.78 is 0. The van der Waals surface area contributed by atoms with E-state index in [4.69, 9.17) is 11.5 Å². The number of nitrogens with zero attached hydrogens (tertiary/aromatic N) is 1. The first kappa shape index (κ1) is 14.4. The Balaban J connectivity index is 2.38. The van der Waals surface area contributed by atoms with Crippen LogP contribution in [0.25, 0.3) is 0 Å². The number of carbonyl (C=O) groups excluding carboxylic acids is 1. The van der Waals surface area contributed by atoms with Crippen molar-refractivity contribution in [2.45, 2.75) is 26.4 Å². The van der Waals surface area contributed by atoms with Gasteiger partial charge in [-0.05, 0) is 43.5 Å². The number of carbonyl (C=O) groups is 1. The molecule has 1 aromatic heterocycles. The molecule has 0 radical (unpaired) electrons. The molecule has 0 aliphatic rings. The van der Waals surface area contributed by atoms with Crippen molar-refractivity contribution in [3.63, 3.8) is 0 Å². The molecule has 0 aliphatic heterocycles. The van der Waals surface area contributed by atoms with E-state index in [1.807, 2.05) is 6.07 Å². The van der Waals surface area contributed by atoms with Crippen LogP contribution in [0.3, 0.4) is 0 Å². The lowest BCUT2D eigenvalue weighted by atomic mass is 10.1. The third-order valence-electron chi connectivity index (χ3n) is 3.15. The molecule has 0 fully saturated rings. The van der Waals surface area contributed by atoms with Gasteiger partial charge in [0.25, 0.3) is 0 Å². The lowest BCUT2D eigenvalue weighted by Gasteiger charge is -2.30. The molecule has 0 atom stereocenters. The molecule has 1 heterocycles. The summed E-state index contributed by atoms with van der Waals surface area (Å²) in [4.78, 5) is 14.8. The number of primary amides is 1. The van der Waals surface area contributed by atoms with Crippen LogP contribution < -0.4 is 16.4 Å². The number of rotatable bonds is 5. The van der Waals surface area contributed by atoms with Gasteiger partial charge in [0.2, 0.25) is 5.91 Å². The highest BCUT2D eigenvalue weighted by Crippen LogP contribution is 2.28. The summed E-state index contributed by atoms with van der Waals surface area (Å²) in [6.07, 6.45) is 0. The van der Waals surface area contributed by atoms with Gasteiger partial charge in [-0.2, -0.15) is 0 Å². The Morgan fingerprint density at radius 2 is 2.10 bits per heavy atom. The maximum Gasteiger partial charge on any atom is 0.248 e. The molecule has 0 saturated carbocycles. The van der Waals surface area contributed by atoms with Crippen LogP contribution in [0.4, 0.5) is 11.4 Å². The first-order valence-corrected chi connectivity index (χ1v) is 7.35. The predicted molar refractivity (Wildman–Crippen MR) is 85.0 cm³/mol. The first-order valence-electron chi connectivity index (χ1n) is 6.47. The average Bonchev–Trinajstić information content (AvgIpc) is 2.89. The van der Waals surface area contributed by atoms with E-state index in [1.54, 1.807) is 29.5 Å². The van der Waals surface area contributed by atoms with Gasteiger partial charge >= 0.3 is 0 Å². The second-order valence-electron chi connectivity index (χ2n) is 4.94. The van der Waals surface area contributed by atoms with Gasteiger partial charge in [-0.1, -0.05) is 6.07 Å². The van der Waals surface area contributed by atoms with E-state index < -0.39 is 5.91 Å². The van der Waals surface area contributed by atoms with E-state index >= 15 is 0 Å². The molecule has 1 amide bonds. The molecule has 0 aliphatic carbocycles. The molecule has 4 N–H and O–H groups in total. The van der Waals surface area contributed by atoms with Gasteiger partial charge < -0.3 is 16.4 Å². The minimum Gasteiger partial charge on any atom is -0.397 e. The molecule has 4 nitrogen and oxygen atoms in total. The fourth-order valence-corrected chi connectivity index (χ4v) is 2.76. The van der Waals surface area contributed by atoms with Gasteiger partial charge in [-0.3, -0.25) is 4.79 Å². The molecular weight excluding hydrogens is 270 g/mol. The van der Waals surface area contributed by atoms with Crippen molar-refractivity contribution < 1.29 is 4.79 Å². The molecule has 2 rings (SSSR count). The van der Waals surface area contributed by atoms with Crippen LogP contribution in [0.5, 0.6) is 0 Å². The van der Waals surface area contributed by atoms with Crippen molar-refractivity contribution in [2.24, 2.45) is 5.73 Å². The summed E-state index contributed by atoms with van der Waals surface area (Å²) >= 11 is 1.71. The first-order chi connectivity index (χ1) is 9.49. The van der Waals surface area contributed by atoms with Gasteiger partial charge in [-0.25, -0.2) is 0 Å². The van der Waals surface area contributed by atoms with E-state index in [-0.39, 0.29) is 6.04 Å². The monoisotopic (exact) mass is 289 g/mol. The largest absolute Gasteiger partial charge is 0.397 e. The summed E-state index contributed by atoms with van der Waals surface area (Å²) in [6.45, 7) is 4.97. The fraction of sp³-hybridized carbons (Fsp3) is 0.267. The highest BCUT2D eigenvalue weighted by Gasteiger charge is 2.16. The highest BCUT2D eigenvalue weighted by atomic mass is 32.1. The zero-order valence-electron chi connectivity index (χ0n) is 11.7. The van der Waals surface area contributed by atoms with E-state index in [1.165, 1.54) is 4.88 Å². The molecular formula is C15H19N3OS. The molecule has 5 heteroatoms. The summed E-state index contributed by atoms with van der Waals surface area (Å²) in [5, 5.41) is 2.05. The maximum atomic E-state index is 11.3. The summed E-state index contributed by atoms with van der Waals surface area (Å²) in [5.74, 6) is -0.439. The number of nitrogen functional groups attached to an aromatic ring is 1.